The lowest BCUT2D eigenvalue weighted by Gasteiger charge is -2.15. The molecule has 0 radical (unpaired) electrons. The van der Waals surface area contributed by atoms with E-state index in [1.165, 1.54) is 11.8 Å². The van der Waals surface area contributed by atoms with Crippen molar-refractivity contribution in [1.82, 2.24) is 20.2 Å². The summed E-state index contributed by atoms with van der Waals surface area (Å²) in [5, 5.41) is 7.12. The standard InChI is InChI=1S/C18H23ClN4O2S/c1-2-9-23-15-7-6-12(19)10-14(15)22-18(23)26-11-16(24)21-13-5-3-4-8-20-17(13)25/h6-7,10,13H,2-5,8-9,11H2,1H3,(H,20,25)(H,21,24)/t13-/m0/s1. The molecule has 1 saturated heterocycles. The molecule has 26 heavy (non-hydrogen) atoms. The zero-order valence-electron chi connectivity index (χ0n) is 14.8. The van der Waals surface area contributed by atoms with Gasteiger partial charge < -0.3 is 15.2 Å². The van der Waals surface area contributed by atoms with Crippen LogP contribution in [0.5, 0.6) is 0 Å². The van der Waals surface area contributed by atoms with Crippen LogP contribution in [0.2, 0.25) is 5.02 Å². The van der Waals surface area contributed by atoms with Crippen LogP contribution in [0.4, 0.5) is 0 Å². The molecule has 1 aliphatic heterocycles. The topological polar surface area (TPSA) is 76.0 Å². The highest BCUT2D eigenvalue weighted by molar-refractivity contribution is 7.99. The van der Waals surface area contributed by atoms with Crippen molar-refractivity contribution in [2.45, 2.75) is 50.4 Å². The SMILES string of the molecule is CCCn1c(SCC(=O)N[C@H]2CCCCNC2=O)nc2cc(Cl)ccc21. The van der Waals surface area contributed by atoms with Gasteiger partial charge in [0.05, 0.1) is 16.8 Å². The maximum atomic E-state index is 12.3. The molecule has 1 atom stereocenters. The normalized spacial score (nSPS) is 17.8. The Bertz CT molecular complexity index is 808. The Morgan fingerprint density at radius 2 is 2.31 bits per heavy atom. The van der Waals surface area contributed by atoms with Gasteiger partial charge in [-0.25, -0.2) is 4.98 Å². The zero-order chi connectivity index (χ0) is 18.5. The molecule has 0 bridgehead atoms. The van der Waals surface area contributed by atoms with E-state index in [-0.39, 0.29) is 17.6 Å². The Balaban J connectivity index is 1.67. The highest BCUT2D eigenvalue weighted by atomic mass is 35.5. The first-order valence-electron chi connectivity index (χ1n) is 8.94. The largest absolute Gasteiger partial charge is 0.354 e. The first-order chi connectivity index (χ1) is 12.6. The van der Waals surface area contributed by atoms with Crippen LogP contribution in [0.3, 0.4) is 0 Å². The number of imidazole rings is 1. The summed E-state index contributed by atoms with van der Waals surface area (Å²) in [5.74, 6) is -0.0104. The van der Waals surface area contributed by atoms with Gasteiger partial charge in [-0.05, 0) is 43.9 Å². The van der Waals surface area contributed by atoms with Crippen LogP contribution >= 0.6 is 23.4 Å². The molecule has 2 N–H and O–H groups in total. The summed E-state index contributed by atoms with van der Waals surface area (Å²) < 4.78 is 2.11. The van der Waals surface area contributed by atoms with Crippen LogP contribution in [0.1, 0.15) is 32.6 Å². The fraction of sp³-hybridized carbons (Fsp3) is 0.500. The number of aryl methyl sites for hydroxylation is 1. The van der Waals surface area contributed by atoms with Gasteiger partial charge in [0.25, 0.3) is 0 Å². The number of nitrogens with zero attached hydrogens (tertiary/aromatic N) is 2. The molecule has 8 heteroatoms. The fourth-order valence-electron chi connectivity index (χ4n) is 3.07. The quantitative estimate of drug-likeness (QED) is 0.738. The molecule has 0 unspecified atom stereocenters. The summed E-state index contributed by atoms with van der Waals surface area (Å²) in [5.41, 5.74) is 1.85. The molecular weight excluding hydrogens is 372 g/mol. The van der Waals surface area contributed by atoms with Crippen LogP contribution in [-0.2, 0) is 16.1 Å². The highest BCUT2D eigenvalue weighted by Crippen LogP contribution is 2.26. The molecule has 2 amide bonds. The fourth-order valence-corrected chi connectivity index (χ4v) is 4.09. The number of amides is 2. The number of benzene rings is 1. The highest BCUT2D eigenvalue weighted by Gasteiger charge is 2.22. The minimum Gasteiger partial charge on any atom is -0.354 e. The van der Waals surface area contributed by atoms with Crippen molar-refractivity contribution in [1.29, 1.82) is 0 Å². The monoisotopic (exact) mass is 394 g/mol. The maximum absolute atomic E-state index is 12.3. The lowest BCUT2D eigenvalue weighted by molar-refractivity contribution is -0.127. The Morgan fingerprint density at radius 3 is 3.12 bits per heavy atom. The van der Waals surface area contributed by atoms with Gasteiger partial charge in [-0.3, -0.25) is 9.59 Å². The summed E-state index contributed by atoms with van der Waals surface area (Å²) in [4.78, 5) is 28.9. The van der Waals surface area contributed by atoms with Crippen molar-refractivity contribution >= 4 is 46.2 Å². The van der Waals surface area contributed by atoms with Gasteiger partial charge in [-0.15, -0.1) is 0 Å². The summed E-state index contributed by atoms with van der Waals surface area (Å²) in [6.45, 7) is 3.62. The minimum atomic E-state index is -0.432. The molecule has 0 spiro atoms. The molecule has 140 valence electrons. The predicted molar refractivity (Wildman–Crippen MR) is 105 cm³/mol. The van der Waals surface area contributed by atoms with E-state index < -0.39 is 6.04 Å². The number of aromatic nitrogens is 2. The van der Waals surface area contributed by atoms with Crippen molar-refractivity contribution in [3.8, 4) is 0 Å². The van der Waals surface area contributed by atoms with E-state index in [1.54, 1.807) is 0 Å². The molecular formula is C18H23ClN4O2S. The number of nitrogens with one attached hydrogen (secondary N) is 2. The van der Waals surface area contributed by atoms with E-state index >= 15 is 0 Å². The molecule has 1 aliphatic rings. The number of hydrogen-bond acceptors (Lipinski definition) is 4. The number of carbonyl (C=O) groups excluding carboxylic acids is 2. The van der Waals surface area contributed by atoms with E-state index in [0.29, 0.717) is 18.0 Å². The summed E-state index contributed by atoms with van der Waals surface area (Å²) >= 11 is 7.45. The number of fused-ring (bicyclic) bond motifs is 1. The molecule has 3 rings (SSSR count). The lowest BCUT2D eigenvalue weighted by Crippen LogP contribution is -2.46. The molecule has 2 aromatic rings. The third kappa shape index (κ3) is 4.51. The van der Waals surface area contributed by atoms with Crippen LogP contribution in [-0.4, -0.2) is 39.7 Å². The van der Waals surface area contributed by atoms with Crippen molar-refractivity contribution in [2.24, 2.45) is 0 Å². The van der Waals surface area contributed by atoms with Crippen LogP contribution < -0.4 is 10.6 Å². The van der Waals surface area contributed by atoms with Crippen molar-refractivity contribution in [2.75, 3.05) is 12.3 Å². The Morgan fingerprint density at radius 1 is 1.46 bits per heavy atom. The lowest BCUT2D eigenvalue weighted by atomic mass is 10.1. The third-order valence-electron chi connectivity index (χ3n) is 4.33. The third-order valence-corrected chi connectivity index (χ3v) is 5.54. The van der Waals surface area contributed by atoms with Crippen molar-refractivity contribution < 1.29 is 9.59 Å². The Labute approximate surface area is 162 Å². The number of thioether (sulfide) groups is 1. The second kappa shape index (κ2) is 8.77. The van der Waals surface area contributed by atoms with Crippen molar-refractivity contribution in [3.63, 3.8) is 0 Å². The summed E-state index contributed by atoms with van der Waals surface area (Å²) in [6, 6.07) is 5.21. The second-order valence-electron chi connectivity index (χ2n) is 6.37. The summed E-state index contributed by atoms with van der Waals surface area (Å²) in [7, 11) is 0. The molecule has 1 aromatic heterocycles. The second-order valence-corrected chi connectivity index (χ2v) is 7.75. The smallest absolute Gasteiger partial charge is 0.242 e. The number of hydrogen-bond donors (Lipinski definition) is 2. The minimum absolute atomic E-state index is 0.0892. The van der Waals surface area contributed by atoms with Gasteiger partial charge in [0.15, 0.2) is 5.16 Å². The van der Waals surface area contributed by atoms with Crippen LogP contribution in [0.15, 0.2) is 23.4 Å². The van der Waals surface area contributed by atoms with Gasteiger partial charge in [0.1, 0.15) is 6.04 Å². The summed E-state index contributed by atoms with van der Waals surface area (Å²) in [6.07, 6.45) is 3.55. The molecule has 0 aliphatic carbocycles. The Hall–Kier alpha value is -1.73. The molecule has 2 heterocycles. The average Bonchev–Trinajstić information content (AvgIpc) is 2.82. The van der Waals surface area contributed by atoms with E-state index in [0.717, 1.165) is 42.0 Å². The zero-order valence-corrected chi connectivity index (χ0v) is 16.3. The van der Waals surface area contributed by atoms with E-state index in [9.17, 15) is 9.59 Å². The van der Waals surface area contributed by atoms with Gasteiger partial charge in [-0.2, -0.15) is 0 Å². The average molecular weight is 395 g/mol. The van der Waals surface area contributed by atoms with E-state index in [2.05, 4.69) is 27.1 Å². The number of carbonyl (C=O) groups is 2. The van der Waals surface area contributed by atoms with Crippen LogP contribution in [0.25, 0.3) is 11.0 Å². The van der Waals surface area contributed by atoms with E-state index in [4.69, 9.17) is 11.6 Å². The number of halogens is 1. The van der Waals surface area contributed by atoms with Gasteiger partial charge in [0.2, 0.25) is 11.8 Å². The Kier molecular flexibility index (Phi) is 6.43. The first kappa shape index (κ1) is 19.0. The molecule has 0 saturated carbocycles. The molecule has 6 nitrogen and oxygen atoms in total. The number of rotatable bonds is 6. The van der Waals surface area contributed by atoms with Gasteiger partial charge in [-0.1, -0.05) is 30.3 Å². The van der Waals surface area contributed by atoms with Crippen molar-refractivity contribution in [3.05, 3.63) is 23.2 Å². The predicted octanol–water partition coefficient (Wildman–Crippen LogP) is 2.98. The van der Waals surface area contributed by atoms with Gasteiger partial charge >= 0.3 is 0 Å². The van der Waals surface area contributed by atoms with Crippen LogP contribution in [0, 0.1) is 0 Å². The van der Waals surface area contributed by atoms with E-state index in [1.807, 2.05) is 18.2 Å². The molecule has 1 fully saturated rings. The maximum Gasteiger partial charge on any atom is 0.242 e. The van der Waals surface area contributed by atoms with Gasteiger partial charge in [0, 0.05) is 18.1 Å². The molecule has 1 aromatic carbocycles. The first-order valence-corrected chi connectivity index (χ1v) is 10.3.